The number of hydrogen-bond acceptors (Lipinski definition) is 7. The predicted molar refractivity (Wildman–Crippen MR) is 126 cm³/mol. The van der Waals surface area contributed by atoms with Gasteiger partial charge < -0.3 is 23.8 Å². The number of benzene rings is 1. The summed E-state index contributed by atoms with van der Waals surface area (Å²) in [5.41, 5.74) is 2.38. The van der Waals surface area contributed by atoms with Gasteiger partial charge in [-0.15, -0.1) is 0 Å². The lowest BCUT2D eigenvalue weighted by Crippen LogP contribution is -2.65. The monoisotopic (exact) mass is 469 g/mol. The number of hydrogen-bond donors (Lipinski definition) is 0. The summed E-state index contributed by atoms with van der Waals surface area (Å²) < 4.78 is 23.8. The summed E-state index contributed by atoms with van der Waals surface area (Å²) in [7, 11) is 2.22. The van der Waals surface area contributed by atoms with Gasteiger partial charge in [0.05, 0.1) is 6.61 Å². The third-order valence-corrected chi connectivity index (χ3v) is 8.09. The SMILES string of the molecule is CC(=O)OCC(C)CCCOC1C=C[C@H]2[C@H]3Cc4ccc(OC(C)=O)c5c4[C@@]2(CCN3C)C1O5. The van der Waals surface area contributed by atoms with E-state index < -0.39 is 0 Å². The zero-order valence-electron chi connectivity index (χ0n) is 20.5. The van der Waals surface area contributed by atoms with Gasteiger partial charge in [0.25, 0.3) is 0 Å². The Kier molecular flexibility index (Phi) is 6.19. The molecule has 2 aliphatic carbocycles. The highest BCUT2D eigenvalue weighted by molar-refractivity contribution is 5.72. The van der Waals surface area contributed by atoms with Gasteiger partial charge in [-0.1, -0.05) is 25.1 Å². The first kappa shape index (κ1) is 23.4. The molecule has 6 atom stereocenters. The zero-order chi connectivity index (χ0) is 24.0. The van der Waals surface area contributed by atoms with Crippen molar-refractivity contribution in [3.8, 4) is 11.5 Å². The smallest absolute Gasteiger partial charge is 0.308 e. The van der Waals surface area contributed by atoms with E-state index in [4.69, 9.17) is 18.9 Å². The van der Waals surface area contributed by atoms with Crippen LogP contribution in [0.3, 0.4) is 0 Å². The molecule has 0 aromatic heterocycles. The molecule has 1 spiro atoms. The summed E-state index contributed by atoms with van der Waals surface area (Å²) in [6.07, 6.45) is 8.01. The van der Waals surface area contributed by atoms with Crippen LogP contribution in [-0.4, -0.2) is 61.9 Å². The molecule has 4 aliphatic rings. The second-order valence-corrected chi connectivity index (χ2v) is 10.4. The summed E-state index contributed by atoms with van der Waals surface area (Å²) in [4.78, 5) is 25.3. The predicted octanol–water partition coefficient (Wildman–Crippen LogP) is 3.42. The van der Waals surface area contributed by atoms with E-state index in [2.05, 4.69) is 37.1 Å². The molecule has 1 aromatic carbocycles. The van der Waals surface area contributed by atoms with E-state index in [1.807, 2.05) is 6.07 Å². The molecule has 0 N–H and O–H groups in total. The van der Waals surface area contributed by atoms with Crippen molar-refractivity contribution in [2.24, 2.45) is 11.8 Å². The number of carbonyl (C=O) groups excluding carboxylic acids is 2. The van der Waals surface area contributed by atoms with Crippen LogP contribution in [0.4, 0.5) is 0 Å². The lowest BCUT2D eigenvalue weighted by Gasteiger charge is -2.56. The van der Waals surface area contributed by atoms with E-state index >= 15 is 0 Å². The van der Waals surface area contributed by atoms with Crippen molar-refractivity contribution >= 4 is 11.9 Å². The maximum Gasteiger partial charge on any atom is 0.308 e. The van der Waals surface area contributed by atoms with E-state index in [1.54, 1.807) is 0 Å². The molecule has 184 valence electrons. The molecule has 1 saturated heterocycles. The quantitative estimate of drug-likeness (QED) is 0.250. The minimum absolute atomic E-state index is 0.136. The molecule has 0 amide bonds. The Hall–Kier alpha value is -2.38. The second kappa shape index (κ2) is 9.00. The first-order valence-corrected chi connectivity index (χ1v) is 12.5. The van der Waals surface area contributed by atoms with Crippen molar-refractivity contribution in [3.63, 3.8) is 0 Å². The van der Waals surface area contributed by atoms with Crippen LogP contribution >= 0.6 is 0 Å². The molecule has 7 heteroatoms. The Morgan fingerprint density at radius 1 is 1.24 bits per heavy atom. The largest absolute Gasteiger partial charge is 0.482 e. The molecule has 1 fully saturated rings. The van der Waals surface area contributed by atoms with E-state index in [0.717, 1.165) is 38.0 Å². The van der Waals surface area contributed by atoms with Crippen molar-refractivity contribution in [2.45, 2.75) is 70.1 Å². The number of carbonyl (C=O) groups is 2. The number of piperidine rings is 1. The molecule has 1 aromatic rings. The third kappa shape index (κ3) is 3.83. The number of ether oxygens (including phenoxy) is 4. The molecule has 2 heterocycles. The van der Waals surface area contributed by atoms with Crippen LogP contribution in [0.1, 0.15) is 51.2 Å². The fourth-order valence-corrected chi connectivity index (χ4v) is 6.58. The second-order valence-electron chi connectivity index (χ2n) is 10.4. The molecular formula is C27H35NO6. The van der Waals surface area contributed by atoms with Gasteiger partial charge in [-0.3, -0.25) is 9.59 Å². The van der Waals surface area contributed by atoms with Gasteiger partial charge >= 0.3 is 11.9 Å². The lowest BCUT2D eigenvalue weighted by molar-refractivity contribution is -0.142. The number of rotatable bonds is 8. The number of likely N-dealkylation sites (tertiary alicyclic amines) is 1. The molecule has 7 nitrogen and oxygen atoms in total. The number of esters is 2. The van der Waals surface area contributed by atoms with Gasteiger partial charge in [-0.25, -0.2) is 0 Å². The molecule has 5 rings (SSSR count). The van der Waals surface area contributed by atoms with Crippen molar-refractivity contribution in [2.75, 3.05) is 26.8 Å². The van der Waals surface area contributed by atoms with E-state index in [9.17, 15) is 9.59 Å². The first-order chi connectivity index (χ1) is 16.3. The van der Waals surface area contributed by atoms with Crippen molar-refractivity contribution in [1.29, 1.82) is 0 Å². The molecule has 3 unspecified atom stereocenters. The van der Waals surface area contributed by atoms with Crippen LogP contribution in [0, 0.1) is 11.8 Å². The minimum atomic E-state index is -0.338. The summed E-state index contributed by atoms with van der Waals surface area (Å²) in [6, 6.07) is 4.43. The van der Waals surface area contributed by atoms with Gasteiger partial charge in [0.15, 0.2) is 11.5 Å². The summed E-state index contributed by atoms with van der Waals surface area (Å²) in [5.74, 6) is 1.32. The van der Waals surface area contributed by atoms with Gasteiger partial charge in [0, 0.05) is 43.4 Å². The van der Waals surface area contributed by atoms with Crippen molar-refractivity contribution in [3.05, 3.63) is 35.4 Å². The summed E-state index contributed by atoms with van der Waals surface area (Å²) in [5, 5.41) is 0. The molecule has 0 saturated carbocycles. The maximum atomic E-state index is 11.8. The van der Waals surface area contributed by atoms with Crippen LogP contribution in [0.25, 0.3) is 0 Å². The number of likely N-dealkylation sites (N-methyl/N-ethyl adjacent to an activating group) is 1. The van der Waals surface area contributed by atoms with Crippen molar-refractivity contribution < 1.29 is 28.5 Å². The van der Waals surface area contributed by atoms with Crippen LogP contribution in [0.2, 0.25) is 0 Å². The van der Waals surface area contributed by atoms with Gasteiger partial charge in [-0.2, -0.15) is 0 Å². The van der Waals surface area contributed by atoms with Gasteiger partial charge in [0.1, 0.15) is 12.2 Å². The highest BCUT2D eigenvalue weighted by Crippen LogP contribution is 2.62. The zero-order valence-corrected chi connectivity index (χ0v) is 20.5. The number of nitrogens with zero attached hydrogens (tertiary/aromatic N) is 1. The van der Waals surface area contributed by atoms with Crippen LogP contribution < -0.4 is 9.47 Å². The fraction of sp³-hybridized carbons (Fsp3) is 0.630. The Balaban J connectivity index is 1.37. The standard InChI is InChI=1S/C27H35NO6/c1-16(15-32-17(2)29)6-5-13-31-23-10-8-20-21-14-19-7-9-22(33-18(3)30)25-24(19)27(20,26(23)34-25)11-12-28(21)4/h7-10,16,20-21,23,26H,5-6,11-15H2,1-4H3/t16?,20-,21+,23?,26?,27-/m0/s1. The highest BCUT2D eigenvalue weighted by Gasteiger charge is 2.64. The Bertz CT molecular complexity index is 1010. The van der Waals surface area contributed by atoms with Crippen molar-refractivity contribution in [1.82, 2.24) is 4.90 Å². The van der Waals surface area contributed by atoms with E-state index in [0.29, 0.717) is 36.8 Å². The van der Waals surface area contributed by atoms with E-state index in [-0.39, 0.29) is 29.6 Å². The Labute approximate surface area is 201 Å². The molecule has 2 aliphatic heterocycles. The Morgan fingerprint density at radius 3 is 2.82 bits per heavy atom. The van der Waals surface area contributed by atoms with Crippen LogP contribution in [-0.2, 0) is 30.9 Å². The Morgan fingerprint density at radius 2 is 2.06 bits per heavy atom. The third-order valence-electron chi connectivity index (χ3n) is 8.09. The average molecular weight is 470 g/mol. The average Bonchev–Trinajstić information content (AvgIpc) is 3.14. The van der Waals surface area contributed by atoms with Crippen LogP contribution in [0.5, 0.6) is 11.5 Å². The fourth-order valence-electron chi connectivity index (χ4n) is 6.58. The molecule has 2 bridgehead atoms. The molecule has 34 heavy (non-hydrogen) atoms. The maximum absolute atomic E-state index is 11.8. The van der Waals surface area contributed by atoms with Gasteiger partial charge in [-0.05, 0) is 56.8 Å². The minimum Gasteiger partial charge on any atom is -0.482 e. The van der Waals surface area contributed by atoms with Gasteiger partial charge in [0.2, 0.25) is 0 Å². The summed E-state index contributed by atoms with van der Waals surface area (Å²) >= 11 is 0. The topological polar surface area (TPSA) is 74.3 Å². The summed E-state index contributed by atoms with van der Waals surface area (Å²) in [6.45, 7) is 7.02. The molecule has 0 radical (unpaired) electrons. The normalized spacial score (nSPS) is 31.4. The van der Waals surface area contributed by atoms with E-state index in [1.165, 1.54) is 25.0 Å². The first-order valence-electron chi connectivity index (χ1n) is 12.5. The lowest BCUT2D eigenvalue weighted by atomic mass is 9.53. The molecular weight excluding hydrogens is 434 g/mol. The highest BCUT2D eigenvalue weighted by atomic mass is 16.6. The van der Waals surface area contributed by atoms with Crippen LogP contribution in [0.15, 0.2) is 24.3 Å².